The van der Waals surface area contributed by atoms with Gasteiger partial charge in [0.25, 0.3) is 0 Å². The highest BCUT2D eigenvalue weighted by atomic mass is 32.2. The third-order valence-electron chi connectivity index (χ3n) is 5.94. The lowest BCUT2D eigenvalue weighted by Crippen LogP contribution is -2.29. The van der Waals surface area contributed by atoms with Crippen LogP contribution in [0.25, 0.3) is 0 Å². The van der Waals surface area contributed by atoms with Crippen molar-refractivity contribution in [2.45, 2.75) is 96.1 Å². The molecule has 1 aromatic carbocycles. The maximum absolute atomic E-state index is 13.8. The second-order valence-corrected chi connectivity index (χ2v) is 10.4. The van der Waals surface area contributed by atoms with E-state index in [0.717, 1.165) is 11.3 Å². The van der Waals surface area contributed by atoms with Crippen LogP contribution in [0, 0.1) is 11.8 Å². The molecule has 0 amide bonds. The summed E-state index contributed by atoms with van der Waals surface area (Å²) in [6.07, 6.45) is 1.49. The Morgan fingerprint density at radius 3 is 1.88 bits per heavy atom. The van der Waals surface area contributed by atoms with E-state index in [0.29, 0.717) is 30.1 Å². The number of rotatable bonds is 6. The highest BCUT2D eigenvalue weighted by Gasteiger charge is 2.44. The Hall–Kier alpha value is -0.960. The zero-order chi connectivity index (χ0) is 19.8. The number of hydrogen-bond donors (Lipinski definition) is 0. The van der Waals surface area contributed by atoms with Crippen molar-refractivity contribution >= 4 is 16.6 Å². The van der Waals surface area contributed by atoms with E-state index in [1.807, 2.05) is 0 Å². The van der Waals surface area contributed by atoms with Crippen molar-refractivity contribution in [3.8, 4) is 0 Å². The van der Waals surface area contributed by atoms with Crippen LogP contribution < -0.4 is 0 Å². The van der Waals surface area contributed by atoms with Gasteiger partial charge in [-0.3, -0.25) is 9.00 Å². The number of carbonyl (C=O) groups excluding carboxylic acids is 1. The first-order chi connectivity index (χ1) is 12.1. The van der Waals surface area contributed by atoms with Crippen LogP contribution in [0.15, 0.2) is 17.0 Å². The molecule has 0 spiro atoms. The number of Topliss-reactive ketones (excluding diaryl/α,β-unsaturated/α-hetero) is 1. The van der Waals surface area contributed by atoms with E-state index in [2.05, 4.69) is 67.5 Å². The van der Waals surface area contributed by atoms with Crippen molar-refractivity contribution < 1.29 is 9.00 Å². The molecule has 0 heterocycles. The molecular weight excluding hydrogens is 340 g/mol. The van der Waals surface area contributed by atoms with Crippen molar-refractivity contribution in [3.05, 3.63) is 28.8 Å². The van der Waals surface area contributed by atoms with Crippen molar-refractivity contribution in [1.82, 2.24) is 0 Å². The maximum atomic E-state index is 13.8. The first kappa shape index (κ1) is 21.3. The van der Waals surface area contributed by atoms with E-state index in [1.54, 1.807) is 0 Å². The average Bonchev–Trinajstić information content (AvgIpc) is 2.85. The first-order valence-corrected chi connectivity index (χ1v) is 11.4. The molecule has 0 bridgehead atoms. The monoisotopic (exact) mass is 376 g/mol. The lowest BCUT2D eigenvalue weighted by Gasteiger charge is -2.26. The summed E-state index contributed by atoms with van der Waals surface area (Å²) in [7, 11) is -1.27. The van der Waals surface area contributed by atoms with Gasteiger partial charge in [-0.05, 0) is 46.3 Å². The molecule has 0 radical (unpaired) electrons. The summed E-state index contributed by atoms with van der Waals surface area (Å²) in [5, 5.41) is -0.338. The molecule has 4 atom stereocenters. The van der Waals surface area contributed by atoms with E-state index in [9.17, 15) is 9.00 Å². The summed E-state index contributed by atoms with van der Waals surface area (Å²) in [5.74, 6) is 1.77. The van der Waals surface area contributed by atoms with Crippen molar-refractivity contribution in [2.24, 2.45) is 11.8 Å². The van der Waals surface area contributed by atoms with Gasteiger partial charge in [-0.1, -0.05) is 73.9 Å². The smallest absolute Gasteiger partial charge is 0.149 e. The van der Waals surface area contributed by atoms with Gasteiger partial charge in [0.2, 0.25) is 0 Å². The Bertz CT molecular complexity index is 658. The van der Waals surface area contributed by atoms with Gasteiger partial charge >= 0.3 is 0 Å². The van der Waals surface area contributed by atoms with Crippen LogP contribution >= 0.6 is 0 Å². The van der Waals surface area contributed by atoms with Gasteiger partial charge in [-0.15, -0.1) is 0 Å². The molecule has 2 rings (SSSR count). The maximum Gasteiger partial charge on any atom is 0.149 e. The van der Waals surface area contributed by atoms with Crippen LogP contribution in [0.2, 0.25) is 0 Å². The molecule has 1 fully saturated rings. The van der Waals surface area contributed by atoms with E-state index in [4.69, 9.17) is 0 Å². The second-order valence-electron chi connectivity index (χ2n) is 8.93. The highest BCUT2D eigenvalue weighted by Crippen LogP contribution is 2.41. The highest BCUT2D eigenvalue weighted by molar-refractivity contribution is 7.86. The fourth-order valence-corrected chi connectivity index (χ4v) is 6.69. The number of carbonyl (C=O) groups is 1. The Morgan fingerprint density at radius 1 is 1.00 bits per heavy atom. The van der Waals surface area contributed by atoms with Crippen LogP contribution in [0.3, 0.4) is 0 Å². The van der Waals surface area contributed by atoms with Crippen molar-refractivity contribution in [2.75, 3.05) is 0 Å². The molecular formula is C23H36O2S. The molecule has 2 nitrogen and oxygen atoms in total. The van der Waals surface area contributed by atoms with E-state index < -0.39 is 10.8 Å². The molecule has 0 saturated heterocycles. The fraction of sp³-hybridized carbons (Fsp3) is 0.696. The number of ketones is 1. The predicted octanol–water partition coefficient (Wildman–Crippen LogP) is 6.17. The molecule has 1 aliphatic rings. The molecule has 146 valence electrons. The SMILES string of the molecule is CC[C@H]1[C@H](C)CC(=O)[C@@H]1[S@@](=O)c1c(C(C)C)cc(C(C)C)cc1C(C)C. The minimum absolute atomic E-state index is 0.194. The van der Waals surface area contributed by atoms with Crippen LogP contribution in [0.1, 0.15) is 103 Å². The Balaban J connectivity index is 2.66. The number of hydrogen-bond acceptors (Lipinski definition) is 2. The third-order valence-corrected chi connectivity index (χ3v) is 7.89. The largest absolute Gasteiger partial charge is 0.298 e. The Morgan fingerprint density at radius 2 is 1.50 bits per heavy atom. The van der Waals surface area contributed by atoms with Crippen molar-refractivity contribution in [1.29, 1.82) is 0 Å². The predicted molar refractivity (Wildman–Crippen MR) is 111 cm³/mol. The van der Waals surface area contributed by atoms with Crippen LogP contribution in [0.5, 0.6) is 0 Å². The van der Waals surface area contributed by atoms with Crippen LogP contribution in [-0.2, 0) is 15.6 Å². The molecule has 26 heavy (non-hydrogen) atoms. The Labute approximate surface area is 162 Å². The van der Waals surface area contributed by atoms with Gasteiger partial charge in [-0.2, -0.15) is 0 Å². The summed E-state index contributed by atoms with van der Waals surface area (Å²) in [4.78, 5) is 13.7. The second kappa shape index (κ2) is 8.37. The Kier molecular flexibility index (Phi) is 6.87. The topological polar surface area (TPSA) is 34.1 Å². The number of benzene rings is 1. The summed E-state index contributed by atoms with van der Waals surface area (Å²) in [6, 6.07) is 4.47. The summed E-state index contributed by atoms with van der Waals surface area (Å²) in [6.45, 7) is 17.3. The van der Waals surface area contributed by atoms with Gasteiger partial charge < -0.3 is 0 Å². The van der Waals surface area contributed by atoms with Crippen molar-refractivity contribution in [3.63, 3.8) is 0 Å². The zero-order valence-corrected chi connectivity index (χ0v) is 18.6. The first-order valence-electron chi connectivity index (χ1n) is 10.2. The van der Waals surface area contributed by atoms with Crippen LogP contribution in [-0.4, -0.2) is 15.2 Å². The lowest BCUT2D eigenvalue weighted by atomic mass is 9.89. The molecule has 0 unspecified atom stereocenters. The lowest BCUT2D eigenvalue weighted by molar-refractivity contribution is -0.117. The molecule has 1 aliphatic carbocycles. The van der Waals surface area contributed by atoms with E-state index in [1.165, 1.54) is 16.7 Å². The summed E-state index contributed by atoms with van der Waals surface area (Å²) in [5.41, 5.74) is 3.64. The molecule has 0 aliphatic heterocycles. The summed E-state index contributed by atoms with van der Waals surface area (Å²) < 4.78 is 13.8. The standard InChI is InChI=1S/C23H36O2S/c1-9-18-16(8)10-21(24)23(18)26(25)22-19(14(4)5)11-17(13(2)3)12-20(22)15(6)7/h11-16,18,23H,9-10H2,1-8H3/t16-,18+,23-,26+/m1/s1. The molecule has 3 heteroatoms. The zero-order valence-electron chi connectivity index (χ0n) is 17.8. The summed E-state index contributed by atoms with van der Waals surface area (Å²) >= 11 is 0. The van der Waals surface area contributed by atoms with Gasteiger partial charge in [-0.25, -0.2) is 0 Å². The van der Waals surface area contributed by atoms with Gasteiger partial charge in [0.05, 0.1) is 10.8 Å². The van der Waals surface area contributed by atoms with Crippen LogP contribution in [0.4, 0.5) is 0 Å². The van der Waals surface area contributed by atoms with Gasteiger partial charge in [0.15, 0.2) is 0 Å². The average molecular weight is 377 g/mol. The third kappa shape index (κ3) is 3.98. The van der Waals surface area contributed by atoms with E-state index >= 15 is 0 Å². The normalized spacial score (nSPS) is 24.9. The van der Waals surface area contributed by atoms with E-state index in [-0.39, 0.29) is 17.0 Å². The van der Waals surface area contributed by atoms with Gasteiger partial charge in [0.1, 0.15) is 11.0 Å². The minimum atomic E-state index is -1.27. The fourth-order valence-electron chi connectivity index (χ4n) is 4.27. The minimum Gasteiger partial charge on any atom is -0.298 e. The molecule has 1 saturated carbocycles. The molecule has 1 aromatic rings. The molecule has 0 N–H and O–H groups in total. The quantitative estimate of drug-likeness (QED) is 0.595. The molecule has 0 aromatic heterocycles. The van der Waals surface area contributed by atoms with Gasteiger partial charge in [0, 0.05) is 11.3 Å².